The van der Waals surface area contributed by atoms with E-state index in [2.05, 4.69) is 15.6 Å². The summed E-state index contributed by atoms with van der Waals surface area (Å²) < 4.78 is 7.73. The normalized spacial score (nSPS) is 11.2. The van der Waals surface area contributed by atoms with Gasteiger partial charge in [0.1, 0.15) is 17.2 Å². The van der Waals surface area contributed by atoms with Crippen LogP contribution in [-0.4, -0.2) is 32.8 Å². The van der Waals surface area contributed by atoms with E-state index in [0.717, 1.165) is 5.56 Å². The van der Waals surface area contributed by atoms with E-state index in [9.17, 15) is 19.7 Å². The summed E-state index contributed by atoms with van der Waals surface area (Å²) in [6.45, 7) is 2.98. The third-order valence-electron chi connectivity index (χ3n) is 5.50. The maximum atomic E-state index is 13.0. The number of carbonyl (C=O) groups is 2. The third-order valence-corrected chi connectivity index (χ3v) is 5.50. The number of non-ortho nitro benzene ring substituents is 1. The SMILES string of the molecule is Cc1ccc(C(=O)N/C(=C/c2ccc(-c3cccc([N+](=O)[O-])c3)o2)C(=O)NCCCn2ccnc2)cc1. The smallest absolute Gasteiger partial charge is 0.270 e. The van der Waals surface area contributed by atoms with Crippen LogP contribution in [0.3, 0.4) is 0 Å². The summed E-state index contributed by atoms with van der Waals surface area (Å²) in [5.74, 6) is -0.223. The Bertz CT molecular complexity index is 1420. The molecule has 37 heavy (non-hydrogen) atoms. The van der Waals surface area contributed by atoms with E-state index in [4.69, 9.17) is 4.42 Å². The molecule has 0 saturated heterocycles. The van der Waals surface area contributed by atoms with Crippen molar-refractivity contribution in [2.24, 2.45) is 0 Å². The Morgan fingerprint density at radius 3 is 2.68 bits per heavy atom. The lowest BCUT2D eigenvalue weighted by molar-refractivity contribution is -0.384. The van der Waals surface area contributed by atoms with E-state index in [-0.39, 0.29) is 11.4 Å². The Balaban J connectivity index is 1.52. The molecular formula is C27H25N5O5. The fourth-order valence-electron chi connectivity index (χ4n) is 3.54. The summed E-state index contributed by atoms with van der Waals surface area (Å²) in [4.78, 5) is 40.4. The van der Waals surface area contributed by atoms with Crippen LogP contribution in [0.25, 0.3) is 17.4 Å². The lowest BCUT2D eigenvalue weighted by Crippen LogP contribution is -2.35. The average molecular weight is 500 g/mol. The van der Waals surface area contributed by atoms with Gasteiger partial charge in [-0.05, 0) is 37.6 Å². The van der Waals surface area contributed by atoms with Crippen LogP contribution < -0.4 is 10.6 Å². The van der Waals surface area contributed by atoms with Crippen molar-refractivity contribution in [1.82, 2.24) is 20.2 Å². The van der Waals surface area contributed by atoms with E-state index < -0.39 is 16.7 Å². The first-order valence-corrected chi connectivity index (χ1v) is 11.6. The standard InChI is InChI=1S/C27H25N5O5/c1-19-6-8-20(9-7-19)26(33)30-24(27(34)29-12-3-14-31-15-13-28-18-31)17-23-10-11-25(37-23)21-4-2-5-22(16-21)32(35)36/h2,4-11,13,15-18H,3,12,14H2,1H3,(H,29,34)(H,30,33)/b24-17+. The fraction of sp³-hybridized carbons (Fsp3) is 0.148. The van der Waals surface area contributed by atoms with Crippen LogP contribution >= 0.6 is 0 Å². The summed E-state index contributed by atoms with van der Waals surface area (Å²) in [7, 11) is 0. The second-order valence-corrected chi connectivity index (χ2v) is 8.30. The summed E-state index contributed by atoms with van der Waals surface area (Å²) >= 11 is 0. The quantitative estimate of drug-likeness (QED) is 0.144. The minimum absolute atomic E-state index is 0.00754. The van der Waals surface area contributed by atoms with E-state index in [1.54, 1.807) is 48.9 Å². The van der Waals surface area contributed by atoms with Gasteiger partial charge in [-0.2, -0.15) is 0 Å². The third kappa shape index (κ3) is 6.79. The van der Waals surface area contributed by atoms with Crippen LogP contribution in [-0.2, 0) is 11.3 Å². The molecule has 0 bridgehead atoms. The summed E-state index contributed by atoms with van der Waals surface area (Å²) in [6.07, 6.45) is 7.32. The Morgan fingerprint density at radius 2 is 1.95 bits per heavy atom. The molecule has 4 aromatic rings. The molecule has 10 heteroatoms. The van der Waals surface area contributed by atoms with E-state index in [0.29, 0.717) is 42.2 Å². The molecule has 0 aliphatic carbocycles. The fourth-order valence-corrected chi connectivity index (χ4v) is 3.54. The van der Waals surface area contributed by atoms with Crippen LogP contribution in [0, 0.1) is 17.0 Å². The van der Waals surface area contributed by atoms with Crippen LogP contribution in [0.15, 0.2) is 89.5 Å². The summed E-state index contributed by atoms with van der Waals surface area (Å²) in [5, 5.41) is 16.6. The van der Waals surface area contributed by atoms with Crippen molar-refractivity contribution in [2.45, 2.75) is 19.9 Å². The largest absolute Gasteiger partial charge is 0.457 e. The molecule has 0 radical (unpaired) electrons. The van der Waals surface area contributed by atoms with Crippen LogP contribution in [0.2, 0.25) is 0 Å². The molecule has 0 atom stereocenters. The van der Waals surface area contributed by atoms with Crippen LogP contribution in [0.4, 0.5) is 5.69 Å². The molecule has 0 aliphatic rings. The number of nitrogens with one attached hydrogen (secondary N) is 2. The zero-order valence-electron chi connectivity index (χ0n) is 20.1. The van der Waals surface area contributed by atoms with Crippen molar-refractivity contribution in [3.8, 4) is 11.3 Å². The van der Waals surface area contributed by atoms with Crippen molar-refractivity contribution < 1.29 is 18.9 Å². The molecule has 2 heterocycles. The zero-order chi connectivity index (χ0) is 26.2. The van der Waals surface area contributed by atoms with Crippen LogP contribution in [0.5, 0.6) is 0 Å². The highest BCUT2D eigenvalue weighted by Crippen LogP contribution is 2.26. The molecular weight excluding hydrogens is 474 g/mol. The number of furan rings is 1. The van der Waals surface area contributed by atoms with E-state index in [1.165, 1.54) is 18.2 Å². The second kappa shape index (κ2) is 11.6. The number of hydrogen-bond donors (Lipinski definition) is 2. The lowest BCUT2D eigenvalue weighted by atomic mass is 10.1. The number of amides is 2. The predicted octanol–water partition coefficient (Wildman–Crippen LogP) is 4.34. The number of rotatable bonds is 10. The molecule has 10 nitrogen and oxygen atoms in total. The highest BCUT2D eigenvalue weighted by Gasteiger charge is 2.16. The number of hydrogen-bond acceptors (Lipinski definition) is 6. The Hall–Kier alpha value is -4.99. The number of imidazole rings is 1. The number of aryl methyl sites for hydroxylation is 2. The molecule has 2 N–H and O–H groups in total. The van der Waals surface area contributed by atoms with Gasteiger partial charge in [0.15, 0.2) is 0 Å². The maximum absolute atomic E-state index is 13.0. The van der Waals surface area contributed by atoms with Gasteiger partial charge < -0.3 is 19.6 Å². The molecule has 4 rings (SSSR count). The maximum Gasteiger partial charge on any atom is 0.270 e. The molecule has 0 spiro atoms. The van der Waals surface area contributed by atoms with Gasteiger partial charge in [-0.25, -0.2) is 4.98 Å². The van der Waals surface area contributed by atoms with Gasteiger partial charge in [-0.3, -0.25) is 19.7 Å². The van der Waals surface area contributed by atoms with E-state index in [1.807, 2.05) is 29.8 Å². The molecule has 0 aliphatic heterocycles. The van der Waals surface area contributed by atoms with Gasteiger partial charge in [0, 0.05) is 54.8 Å². The monoisotopic (exact) mass is 499 g/mol. The minimum Gasteiger partial charge on any atom is -0.457 e. The van der Waals surface area contributed by atoms with Gasteiger partial charge in [0.05, 0.1) is 11.3 Å². The number of nitro benzene ring substituents is 1. The van der Waals surface area contributed by atoms with Crippen molar-refractivity contribution in [1.29, 1.82) is 0 Å². The number of aromatic nitrogens is 2. The molecule has 0 fully saturated rings. The second-order valence-electron chi connectivity index (χ2n) is 8.30. The van der Waals surface area contributed by atoms with E-state index >= 15 is 0 Å². The zero-order valence-corrected chi connectivity index (χ0v) is 20.1. The number of nitro groups is 1. The lowest BCUT2D eigenvalue weighted by Gasteiger charge is -2.11. The topological polar surface area (TPSA) is 132 Å². The average Bonchev–Trinajstić information content (AvgIpc) is 3.59. The highest BCUT2D eigenvalue weighted by molar-refractivity contribution is 6.05. The van der Waals surface area contributed by atoms with Crippen molar-refractivity contribution in [2.75, 3.05) is 6.54 Å². The van der Waals surface area contributed by atoms with Gasteiger partial charge in [-0.15, -0.1) is 0 Å². The van der Waals surface area contributed by atoms with Crippen molar-refractivity contribution in [3.05, 3.63) is 112 Å². The molecule has 2 aromatic heterocycles. The molecule has 2 amide bonds. The van der Waals surface area contributed by atoms with Crippen molar-refractivity contribution >= 4 is 23.6 Å². The van der Waals surface area contributed by atoms with Gasteiger partial charge in [-0.1, -0.05) is 29.8 Å². The van der Waals surface area contributed by atoms with Gasteiger partial charge in [0.2, 0.25) is 0 Å². The van der Waals surface area contributed by atoms with Gasteiger partial charge in [0.25, 0.3) is 17.5 Å². The van der Waals surface area contributed by atoms with Gasteiger partial charge >= 0.3 is 0 Å². The first kappa shape index (κ1) is 25.1. The first-order chi connectivity index (χ1) is 17.9. The number of nitrogens with zero attached hydrogens (tertiary/aromatic N) is 3. The molecule has 188 valence electrons. The molecule has 0 saturated carbocycles. The first-order valence-electron chi connectivity index (χ1n) is 11.6. The predicted molar refractivity (Wildman–Crippen MR) is 137 cm³/mol. The molecule has 0 unspecified atom stereocenters. The Morgan fingerprint density at radius 1 is 1.14 bits per heavy atom. The Labute approximate surface area is 212 Å². The highest BCUT2D eigenvalue weighted by atomic mass is 16.6. The Kier molecular flexibility index (Phi) is 7.89. The number of carbonyl (C=O) groups excluding carboxylic acids is 2. The minimum atomic E-state index is -0.483. The van der Waals surface area contributed by atoms with Crippen molar-refractivity contribution in [3.63, 3.8) is 0 Å². The van der Waals surface area contributed by atoms with Crippen LogP contribution in [0.1, 0.15) is 28.1 Å². The summed E-state index contributed by atoms with van der Waals surface area (Å²) in [6, 6.07) is 16.3. The number of benzene rings is 2. The molecule has 2 aromatic carbocycles. The summed E-state index contributed by atoms with van der Waals surface area (Å²) in [5.41, 5.74) is 1.87.